The second-order valence-corrected chi connectivity index (χ2v) is 4.05. The van der Waals surface area contributed by atoms with Gasteiger partial charge in [0, 0.05) is 19.2 Å². The van der Waals surface area contributed by atoms with E-state index in [0.717, 1.165) is 31.6 Å². The Balaban J connectivity index is 1.78. The van der Waals surface area contributed by atoms with Crippen molar-refractivity contribution in [3.63, 3.8) is 0 Å². The molecular formula is C11H17N3O2. The summed E-state index contributed by atoms with van der Waals surface area (Å²) in [5.41, 5.74) is 0.753. The molecular weight excluding hydrogens is 206 g/mol. The Hall–Kier alpha value is -1.52. The second-order valence-electron chi connectivity index (χ2n) is 4.05. The molecule has 1 aromatic heterocycles. The van der Waals surface area contributed by atoms with Crippen LogP contribution in [0.25, 0.3) is 0 Å². The normalized spacial score (nSPS) is 16.9. The van der Waals surface area contributed by atoms with Crippen LogP contribution in [0, 0.1) is 0 Å². The molecule has 5 nitrogen and oxygen atoms in total. The SMILES string of the molecule is O=C(NCc1ccon1)N1CCCCCC1. The number of likely N-dealkylation sites (tertiary alicyclic amines) is 1. The van der Waals surface area contributed by atoms with Gasteiger partial charge in [0.25, 0.3) is 0 Å². The zero-order chi connectivity index (χ0) is 11.2. The van der Waals surface area contributed by atoms with Crippen LogP contribution < -0.4 is 5.32 Å². The van der Waals surface area contributed by atoms with E-state index in [4.69, 9.17) is 4.52 Å². The van der Waals surface area contributed by atoms with Crippen molar-refractivity contribution in [1.29, 1.82) is 0 Å². The summed E-state index contributed by atoms with van der Waals surface area (Å²) in [7, 11) is 0. The fourth-order valence-corrected chi connectivity index (χ4v) is 1.88. The lowest BCUT2D eigenvalue weighted by Crippen LogP contribution is -2.40. The van der Waals surface area contributed by atoms with E-state index in [-0.39, 0.29) is 6.03 Å². The average molecular weight is 223 g/mol. The van der Waals surface area contributed by atoms with Crippen molar-refractivity contribution in [2.24, 2.45) is 0 Å². The molecule has 2 amide bonds. The van der Waals surface area contributed by atoms with Crippen molar-refractivity contribution in [3.8, 4) is 0 Å². The Morgan fingerprint density at radius 1 is 1.38 bits per heavy atom. The largest absolute Gasteiger partial charge is 0.364 e. The predicted octanol–water partition coefficient (Wildman–Crippen LogP) is 1.76. The summed E-state index contributed by atoms with van der Waals surface area (Å²) in [4.78, 5) is 13.7. The van der Waals surface area contributed by atoms with Crippen molar-refractivity contribution in [1.82, 2.24) is 15.4 Å². The van der Waals surface area contributed by atoms with E-state index in [1.165, 1.54) is 19.1 Å². The predicted molar refractivity (Wildman–Crippen MR) is 58.8 cm³/mol. The first-order chi connectivity index (χ1) is 7.86. The molecule has 0 atom stereocenters. The van der Waals surface area contributed by atoms with E-state index in [1.807, 2.05) is 4.90 Å². The van der Waals surface area contributed by atoms with Crippen molar-refractivity contribution >= 4 is 6.03 Å². The smallest absolute Gasteiger partial charge is 0.317 e. The molecule has 2 heterocycles. The van der Waals surface area contributed by atoms with Crippen molar-refractivity contribution in [3.05, 3.63) is 18.0 Å². The van der Waals surface area contributed by atoms with Crippen molar-refractivity contribution < 1.29 is 9.32 Å². The summed E-state index contributed by atoms with van der Waals surface area (Å²) in [5.74, 6) is 0. The lowest BCUT2D eigenvalue weighted by molar-refractivity contribution is 0.199. The number of carbonyl (C=O) groups is 1. The lowest BCUT2D eigenvalue weighted by Gasteiger charge is -2.20. The van der Waals surface area contributed by atoms with Gasteiger partial charge in [0.1, 0.15) is 12.0 Å². The molecule has 1 N–H and O–H groups in total. The highest BCUT2D eigenvalue weighted by Gasteiger charge is 2.14. The van der Waals surface area contributed by atoms with Gasteiger partial charge in [-0.1, -0.05) is 18.0 Å². The van der Waals surface area contributed by atoms with Crippen LogP contribution in [0.3, 0.4) is 0 Å². The number of rotatable bonds is 2. The molecule has 16 heavy (non-hydrogen) atoms. The monoisotopic (exact) mass is 223 g/mol. The Kier molecular flexibility index (Phi) is 3.80. The lowest BCUT2D eigenvalue weighted by atomic mass is 10.2. The summed E-state index contributed by atoms with van der Waals surface area (Å²) in [6.45, 7) is 2.17. The quantitative estimate of drug-likeness (QED) is 0.831. The minimum Gasteiger partial charge on any atom is -0.364 e. The Labute approximate surface area is 94.8 Å². The van der Waals surface area contributed by atoms with Crippen LogP contribution in [0.1, 0.15) is 31.4 Å². The van der Waals surface area contributed by atoms with Gasteiger partial charge in [-0.25, -0.2) is 4.79 Å². The van der Waals surface area contributed by atoms with Gasteiger partial charge in [-0.2, -0.15) is 0 Å². The summed E-state index contributed by atoms with van der Waals surface area (Å²) in [6, 6.07) is 1.76. The molecule has 1 aromatic rings. The number of carbonyl (C=O) groups excluding carboxylic acids is 1. The van der Waals surface area contributed by atoms with Gasteiger partial charge in [-0.05, 0) is 12.8 Å². The molecule has 88 valence electrons. The summed E-state index contributed by atoms with van der Waals surface area (Å²) in [5, 5.41) is 6.59. The molecule has 2 rings (SSSR count). The number of aromatic nitrogens is 1. The average Bonchev–Trinajstić information content (AvgIpc) is 2.66. The third kappa shape index (κ3) is 2.98. The first kappa shape index (κ1) is 11.0. The first-order valence-electron chi connectivity index (χ1n) is 5.78. The molecule has 0 bridgehead atoms. The molecule has 1 fully saturated rings. The molecule has 0 saturated carbocycles. The topological polar surface area (TPSA) is 58.4 Å². The van der Waals surface area contributed by atoms with Gasteiger partial charge in [0.2, 0.25) is 0 Å². The molecule has 1 saturated heterocycles. The fourth-order valence-electron chi connectivity index (χ4n) is 1.88. The maximum atomic E-state index is 11.8. The molecule has 1 aliphatic rings. The highest BCUT2D eigenvalue weighted by atomic mass is 16.5. The van der Waals surface area contributed by atoms with Gasteiger partial charge >= 0.3 is 6.03 Å². The number of hydrogen-bond acceptors (Lipinski definition) is 3. The van der Waals surface area contributed by atoms with Crippen LogP contribution in [0.5, 0.6) is 0 Å². The zero-order valence-electron chi connectivity index (χ0n) is 9.32. The van der Waals surface area contributed by atoms with Gasteiger partial charge < -0.3 is 14.7 Å². The van der Waals surface area contributed by atoms with E-state index < -0.39 is 0 Å². The van der Waals surface area contributed by atoms with E-state index in [9.17, 15) is 4.79 Å². The van der Waals surface area contributed by atoms with Crippen LogP contribution in [0.2, 0.25) is 0 Å². The highest BCUT2D eigenvalue weighted by Crippen LogP contribution is 2.09. The van der Waals surface area contributed by atoms with Gasteiger partial charge in [0.05, 0.1) is 6.54 Å². The van der Waals surface area contributed by atoms with E-state index in [1.54, 1.807) is 6.07 Å². The molecule has 1 aliphatic heterocycles. The molecule has 0 radical (unpaired) electrons. The summed E-state index contributed by atoms with van der Waals surface area (Å²) < 4.78 is 4.70. The number of urea groups is 1. The molecule has 0 spiro atoms. The van der Waals surface area contributed by atoms with E-state index in [2.05, 4.69) is 10.5 Å². The van der Waals surface area contributed by atoms with Crippen LogP contribution >= 0.6 is 0 Å². The maximum absolute atomic E-state index is 11.8. The minimum absolute atomic E-state index is 0.00454. The van der Waals surface area contributed by atoms with Gasteiger partial charge in [-0.3, -0.25) is 0 Å². The number of nitrogens with zero attached hydrogens (tertiary/aromatic N) is 2. The number of hydrogen-bond donors (Lipinski definition) is 1. The molecule has 0 aromatic carbocycles. The highest BCUT2D eigenvalue weighted by molar-refractivity contribution is 5.74. The number of amides is 2. The third-order valence-electron chi connectivity index (χ3n) is 2.81. The van der Waals surface area contributed by atoms with Crippen LogP contribution in [0.4, 0.5) is 4.79 Å². The molecule has 0 aliphatic carbocycles. The third-order valence-corrected chi connectivity index (χ3v) is 2.81. The van der Waals surface area contributed by atoms with Crippen molar-refractivity contribution in [2.75, 3.05) is 13.1 Å². The van der Waals surface area contributed by atoms with E-state index in [0.29, 0.717) is 6.54 Å². The van der Waals surface area contributed by atoms with Crippen molar-refractivity contribution in [2.45, 2.75) is 32.2 Å². The zero-order valence-corrected chi connectivity index (χ0v) is 9.32. The van der Waals surface area contributed by atoms with Crippen LogP contribution in [0.15, 0.2) is 16.9 Å². The molecule has 5 heteroatoms. The van der Waals surface area contributed by atoms with Gasteiger partial charge in [-0.15, -0.1) is 0 Å². The Morgan fingerprint density at radius 3 is 2.75 bits per heavy atom. The van der Waals surface area contributed by atoms with Gasteiger partial charge in [0.15, 0.2) is 0 Å². The molecule has 0 unspecified atom stereocenters. The minimum atomic E-state index is 0.00454. The first-order valence-corrected chi connectivity index (χ1v) is 5.78. The Morgan fingerprint density at radius 2 is 2.12 bits per heavy atom. The maximum Gasteiger partial charge on any atom is 0.317 e. The second kappa shape index (κ2) is 5.53. The summed E-state index contributed by atoms with van der Waals surface area (Å²) >= 11 is 0. The number of nitrogens with one attached hydrogen (secondary N) is 1. The summed E-state index contributed by atoms with van der Waals surface area (Å²) in [6.07, 6.45) is 6.18. The van der Waals surface area contributed by atoms with E-state index >= 15 is 0 Å². The fraction of sp³-hybridized carbons (Fsp3) is 0.636. The van der Waals surface area contributed by atoms with Crippen LogP contribution in [-0.4, -0.2) is 29.2 Å². The Bertz CT molecular complexity index is 316. The standard InChI is InChI=1S/C11H17N3O2/c15-11(12-9-10-5-8-16-13-10)14-6-3-1-2-4-7-14/h5,8H,1-4,6-7,9H2,(H,12,15). The van der Waals surface area contributed by atoms with Crippen LogP contribution in [-0.2, 0) is 6.54 Å².